The van der Waals surface area contributed by atoms with Crippen molar-refractivity contribution in [3.63, 3.8) is 0 Å². The van der Waals surface area contributed by atoms with Gasteiger partial charge in [-0.25, -0.2) is 4.79 Å². The van der Waals surface area contributed by atoms with E-state index in [1.165, 1.54) is 18.2 Å². The van der Waals surface area contributed by atoms with E-state index in [1.807, 2.05) is 0 Å². The molecule has 2 aromatic rings. The number of esters is 1. The van der Waals surface area contributed by atoms with Crippen molar-refractivity contribution in [2.24, 2.45) is 0 Å². The van der Waals surface area contributed by atoms with Crippen molar-refractivity contribution in [2.45, 2.75) is 0 Å². The number of ether oxygens (including phenoxy) is 1. The molecule has 15 heavy (non-hydrogen) atoms. The summed E-state index contributed by atoms with van der Waals surface area (Å²) in [5.41, 5.74) is 1.22. The van der Waals surface area contributed by atoms with Gasteiger partial charge >= 0.3 is 5.97 Å². The maximum absolute atomic E-state index is 11.1. The summed E-state index contributed by atoms with van der Waals surface area (Å²) in [6.45, 7) is 0. The Hall–Kier alpha value is -2.24. The summed E-state index contributed by atoms with van der Waals surface area (Å²) in [5, 5.41) is 11.2. The third kappa shape index (κ3) is 1.83. The highest BCUT2D eigenvalue weighted by Crippen LogP contribution is 2.07. The second-order valence-corrected chi connectivity index (χ2v) is 2.76. The number of nitrogens with zero attached hydrogens (tertiary/aromatic N) is 4. The summed E-state index contributed by atoms with van der Waals surface area (Å²) in [6.07, 6.45) is 1.34. The minimum atomic E-state index is -0.368. The Morgan fingerprint density at radius 3 is 2.60 bits per heavy atom. The SMILES string of the molecule is COC(=O)c1ccc(-n2ncnn2)cc1. The third-order valence-electron chi connectivity index (χ3n) is 1.87. The van der Waals surface area contributed by atoms with Gasteiger partial charge in [-0.1, -0.05) is 0 Å². The Morgan fingerprint density at radius 2 is 2.07 bits per heavy atom. The van der Waals surface area contributed by atoms with Crippen LogP contribution in [0, 0.1) is 0 Å². The molecule has 2 rings (SSSR count). The Bertz CT molecular complexity index is 449. The lowest BCUT2D eigenvalue weighted by atomic mass is 10.2. The normalized spacial score (nSPS) is 9.93. The molecule has 1 heterocycles. The van der Waals surface area contributed by atoms with Crippen LogP contribution in [0.3, 0.4) is 0 Å². The molecule has 1 aromatic heterocycles. The van der Waals surface area contributed by atoms with E-state index in [2.05, 4.69) is 20.1 Å². The zero-order chi connectivity index (χ0) is 10.7. The predicted octanol–water partition coefficient (Wildman–Crippen LogP) is 0.449. The van der Waals surface area contributed by atoms with Crippen LogP contribution in [0.2, 0.25) is 0 Å². The fourth-order valence-electron chi connectivity index (χ4n) is 1.13. The Morgan fingerprint density at radius 1 is 1.33 bits per heavy atom. The summed E-state index contributed by atoms with van der Waals surface area (Å²) >= 11 is 0. The number of benzene rings is 1. The van der Waals surface area contributed by atoms with Gasteiger partial charge in [0.25, 0.3) is 0 Å². The van der Waals surface area contributed by atoms with Crippen molar-refractivity contribution >= 4 is 5.97 Å². The molecule has 0 bridgehead atoms. The van der Waals surface area contributed by atoms with Crippen molar-refractivity contribution < 1.29 is 9.53 Å². The highest BCUT2D eigenvalue weighted by Gasteiger charge is 2.05. The number of tetrazole rings is 1. The highest BCUT2D eigenvalue weighted by atomic mass is 16.5. The largest absolute Gasteiger partial charge is 0.465 e. The molecule has 6 heteroatoms. The van der Waals surface area contributed by atoms with Crippen LogP contribution in [0.1, 0.15) is 10.4 Å². The van der Waals surface area contributed by atoms with E-state index >= 15 is 0 Å². The van der Waals surface area contributed by atoms with Crippen molar-refractivity contribution in [3.8, 4) is 5.69 Å². The molecule has 6 nitrogen and oxygen atoms in total. The average Bonchev–Trinajstić information content (AvgIpc) is 2.82. The lowest BCUT2D eigenvalue weighted by Crippen LogP contribution is -2.03. The van der Waals surface area contributed by atoms with Gasteiger partial charge < -0.3 is 4.74 Å². The van der Waals surface area contributed by atoms with E-state index in [9.17, 15) is 4.79 Å². The average molecular weight is 204 g/mol. The molecular formula is C9H8N4O2. The molecule has 0 spiro atoms. The van der Waals surface area contributed by atoms with Gasteiger partial charge in [0.15, 0.2) is 6.33 Å². The molecule has 0 unspecified atom stereocenters. The van der Waals surface area contributed by atoms with E-state index in [0.29, 0.717) is 5.56 Å². The van der Waals surface area contributed by atoms with Gasteiger partial charge in [-0.2, -0.15) is 0 Å². The molecule has 0 radical (unpaired) electrons. The van der Waals surface area contributed by atoms with Gasteiger partial charge in [0, 0.05) is 0 Å². The van der Waals surface area contributed by atoms with Gasteiger partial charge in [0.2, 0.25) is 0 Å². The Balaban J connectivity index is 2.29. The summed E-state index contributed by atoms with van der Waals surface area (Å²) in [6, 6.07) is 6.72. The lowest BCUT2D eigenvalue weighted by molar-refractivity contribution is 0.0601. The summed E-state index contributed by atoms with van der Waals surface area (Å²) in [5.74, 6) is -0.368. The van der Waals surface area contributed by atoms with Crippen molar-refractivity contribution in [1.29, 1.82) is 0 Å². The number of hydrogen-bond donors (Lipinski definition) is 0. The fourth-order valence-corrected chi connectivity index (χ4v) is 1.13. The Labute approximate surface area is 85.5 Å². The van der Waals surface area contributed by atoms with E-state index < -0.39 is 0 Å². The molecular weight excluding hydrogens is 196 g/mol. The van der Waals surface area contributed by atoms with Crippen LogP contribution in [0.15, 0.2) is 30.6 Å². The number of aromatic nitrogens is 4. The highest BCUT2D eigenvalue weighted by molar-refractivity contribution is 5.89. The smallest absolute Gasteiger partial charge is 0.337 e. The van der Waals surface area contributed by atoms with Crippen LogP contribution < -0.4 is 0 Å². The van der Waals surface area contributed by atoms with Gasteiger partial charge in [-0.3, -0.25) is 0 Å². The maximum Gasteiger partial charge on any atom is 0.337 e. The van der Waals surface area contributed by atoms with E-state index in [1.54, 1.807) is 24.3 Å². The van der Waals surface area contributed by atoms with E-state index in [-0.39, 0.29) is 5.97 Å². The van der Waals surface area contributed by atoms with Crippen LogP contribution in [0.4, 0.5) is 0 Å². The first-order valence-electron chi connectivity index (χ1n) is 4.23. The number of methoxy groups -OCH3 is 1. The topological polar surface area (TPSA) is 69.9 Å². The monoisotopic (exact) mass is 204 g/mol. The fraction of sp³-hybridized carbons (Fsp3) is 0.111. The van der Waals surface area contributed by atoms with Gasteiger partial charge in [-0.05, 0) is 29.5 Å². The van der Waals surface area contributed by atoms with Crippen LogP contribution in [0.25, 0.3) is 5.69 Å². The van der Waals surface area contributed by atoms with Crippen molar-refractivity contribution in [3.05, 3.63) is 36.2 Å². The summed E-state index contributed by atoms with van der Waals surface area (Å²) < 4.78 is 4.58. The molecule has 1 aromatic carbocycles. The molecule has 0 N–H and O–H groups in total. The molecule has 0 saturated heterocycles. The summed E-state index contributed by atoms with van der Waals surface area (Å²) in [4.78, 5) is 12.5. The number of carbonyl (C=O) groups is 1. The second-order valence-electron chi connectivity index (χ2n) is 2.76. The lowest BCUT2D eigenvalue weighted by Gasteiger charge is -2.00. The quantitative estimate of drug-likeness (QED) is 0.664. The molecule has 0 aliphatic heterocycles. The van der Waals surface area contributed by atoms with Crippen molar-refractivity contribution in [2.75, 3.05) is 7.11 Å². The van der Waals surface area contributed by atoms with Gasteiger partial charge in [0.05, 0.1) is 18.4 Å². The van der Waals surface area contributed by atoms with Crippen LogP contribution in [-0.4, -0.2) is 33.3 Å². The van der Waals surface area contributed by atoms with Crippen LogP contribution >= 0.6 is 0 Å². The first-order valence-corrected chi connectivity index (χ1v) is 4.23. The zero-order valence-corrected chi connectivity index (χ0v) is 7.99. The minimum absolute atomic E-state index is 0.368. The molecule has 0 saturated carbocycles. The van der Waals surface area contributed by atoms with Gasteiger partial charge in [-0.15, -0.1) is 15.0 Å². The number of rotatable bonds is 2. The second kappa shape index (κ2) is 3.87. The minimum Gasteiger partial charge on any atom is -0.465 e. The molecule has 0 fully saturated rings. The van der Waals surface area contributed by atoms with E-state index in [4.69, 9.17) is 0 Å². The molecule has 0 aliphatic carbocycles. The number of carbonyl (C=O) groups excluding carboxylic acids is 1. The molecule has 0 amide bonds. The van der Waals surface area contributed by atoms with E-state index in [0.717, 1.165) is 5.69 Å². The number of hydrogen-bond acceptors (Lipinski definition) is 5. The molecule has 0 atom stereocenters. The molecule has 76 valence electrons. The summed E-state index contributed by atoms with van der Waals surface area (Å²) in [7, 11) is 1.34. The predicted molar refractivity (Wildman–Crippen MR) is 50.5 cm³/mol. The zero-order valence-electron chi connectivity index (χ0n) is 7.99. The standard InChI is InChI=1S/C9H8N4O2/c1-15-9(14)7-2-4-8(5-3-7)13-11-6-10-12-13/h2-6H,1H3. The van der Waals surface area contributed by atoms with Crippen LogP contribution in [0.5, 0.6) is 0 Å². The molecule has 0 aliphatic rings. The van der Waals surface area contributed by atoms with Gasteiger partial charge in [0.1, 0.15) is 0 Å². The first kappa shape index (κ1) is 9.32. The Kier molecular flexibility index (Phi) is 2.40. The van der Waals surface area contributed by atoms with Crippen molar-refractivity contribution in [1.82, 2.24) is 20.2 Å². The third-order valence-corrected chi connectivity index (χ3v) is 1.87. The maximum atomic E-state index is 11.1. The first-order chi connectivity index (χ1) is 7.31. The van der Waals surface area contributed by atoms with Crippen LogP contribution in [-0.2, 0) is 4.74 Å².